The van der Waals surface area contributed by atoms with Gasteiger partial charge < -0.3 is 4.90 Å². The Morgan fingerprint density at radius 1 is 0.342 bits per heavy atom. The first-order valence-corrected chi connectivity index (χ1v) is 13.0. The predicted octanol–water partition coefficient (Wildman–Crippen LogP) is 10.1. The highest BCUT2D eigenvalue weighted by molar-refractivity contribution is 5.92. The highest BCUT2D eigenvalue weighted by Crippen LogP contribution is 2.41. The average molecular weight is 488 g/mol. The minimum atomic E-state index is 1.15. The number of benzene rings is 6. The lowest BCUT2D eigenvalue weighted by Gasteiger charge is -2.25. The molecule has 6 aromatic carbocycles. The number of rotatable bonds is 6. The maximum absolute atomic E-state index is 2.32. The largest absolute Gasteiger partial charge is 0.344 e. The summed E-state index contributed by atoms with van der Waals surface area (Å²) in [5.74, 6) is 0. The first-order chi connectivity index (χ1) is 18.8. The Kier molecular flexibility index (Phi) is 6.57. The number of anilines is 2. The quantitative estimate of drug-likeness (QED) is 0.226. The van der Waals surface area contributed by atoms with Crippen LogP contribution in [0, 0.1) is 0 Å². The van der Waals surface area contributed by atoms with Gasteiger partial charge >= 0.3 is 0 Å². The van der Waals surface area contributed by atoms with Crippen molar-refractivity contribution in [1.29, 1.82) is 0 Å². The van der Waals surface area contributed by atoms with Gasteiger partial charge in [-0.05, 0) is 63.2 Å². The molecule has 0 unspecified atom stereocenters. The number of hydrogen-bond acceptors (Lipinski definition) is 1. The molecule has 0 aliphatic heterocycles. The highest BCUT2D eigenvalue weighted by atomic mass is 15.1. The molecule has 0 saturated carbocycles. The van der Waals surface area contributed by atoms with E-state index < -0.39 is 0 Å². The van der Waals surface area contributed by atoms with Crippen molar-refractivity contribution in [2.75, 3.05) is 11.9 Å². The molecule has 0 spiro atoms. The van der Waals surface area contributed by atoms with Gasteiger partial charge in [-0.1, -0.05) is 133 Å². The molecule has 0 atom stereocenters. The smallest absolute Gasteiger partial charge is 0.0487 e. The summed E-state index contributed by atoms with van der Waals surface area (Å²) in [6.07, 6.45) is 0. The lowest BCUT2D eigenvalue weighted by Crippen LogP contribution is -2.11. The number of hydrogen-bond donors (Lipinski definition) is 0. The molecule has 0 aliphatic rings. The van der Waals surface area contributed by atoms with Crippen LogP contribution in [0.15, 0.2) is 158 Å². The summed E-state index contributed by atoms with van der Waals surface area (Å²) < 4.78 is 0. The van der Waals surface area contributed by atoms with Gasteiger partial charge in [0.05, 0.1) is 0 Å². The highest BCUT2D eigenvalue weighted by Gasteiger charge is 2.16. The lowest BCUT2D eigenvalue weighted by molar-refractivity contribution is 1.21. The van der Waals surface area contributed by atoms with E-state index in [0.29, 0.717) is 0 Å². The minimum absolute atomic E-state index is 1.15. The van der Waals surface area contributed by atoms with E-state index in [4.69, 9.17) is 0 Å². The molecule has 0 aliphatic carbocycles. The summed E-state index contributed by atoms with van der Waals surface area (Å²) in [6, 6.07) is 56.1. The first kappa shape index (κ1) is 23.5. The predicted molar refractivity (Wildman–Crippen MR) is 163 cm³/mol. The summed E-state index contributed by atoms with van der Waals surface area (Å²) in [4.78, 5) is 2.32. The molecule has 6 rings (SSSR count). The Bertz CT molecular complexity index is 1600. The Morgan fingerprint density at radius 2 is 0.763 bits per heavy atom. The third-order valence-corrected chi connectivity index (χ3v) is 7.09. The molecule has 0 N–H and O–H groups in total. The van der Waals surface area contributed by atoms with Crippen LogP contribution >= 0.6 is 0 Å². The van der Waals surface area contributed by atoms with Gasteiger partial charge in [-0.3, -0.25) is 0 Å². The van der Waals surface area contributed by atoms with E-state index in [1.54, 1.807) is 0 Å². The molecule has 1 heteroatoms. The molecule has 0 radical (unpaired) electrons. The van der Waals surface area contributed by atoms with Crippen LogP contribution in [0.1, 0.15) is 0 Å². The van der Waals surface area contributed by atoms with Gasteiger partial charge in [-0.15, -0.1) is 0 Å². The van der Waals surface area contributed by atoms with E-state index in [2.05, 4.69) is 170 Å². The number of nitrogens with zero attached hydrogens (tertiary/aromatic N) is 1. The molecule has 0 amide bonds. The Labute approximate surface area is 225 Å². The van der Waals surface area contributed by atoms with Crippen LogP contribution in [-0.2, 0) is 0 Å². The fraction of sp³-hybridized carbons (Fsp3) is 0.0270. The van der Waals surface area contributed by atoms with E-state index in [-0.39, 0.29) is 0 Å². The maximum atomic E-state index is 2.32. The standard InChI is InChI=1S/C37H29N/c1-38(33-26-31(28-15-5-2-6-16-28)25-32(27-33)29-17-7-3-8-18-29)37-24-14-13-23-36(37)35-22-12-11-21-34(35)30-19-9-4-10-20-30/h2-27H,1H3. The van der Waals surface area contributed by atoms with Gasteiger partial charge in [-0.25, -0.2) is 0 Å². The van der Waals surface area contributed by atoms with E-state index in [0.717, 1.165) is 5.69 Å². The lowest BCUT2D eigenvalue weighted by atomic mass is 9.93. The second-order valence-corrected chi connectivity index (χ2v) is 9.49. The van der Waals surface area contributed by atoms with Gasteiger partial charge in [-0.2, -0.15) is 0 Å². The van der Waals surface area contributed by atoms with Crippen molar-refractivity contribution in [2.24, 2.45) is 0 Å². The summed E-state index contributed by atoms with van der Waals surface area (Å²) >= 11 is 0. The van der Waals surface area contributed by atoms with Gasteiger partial charge in [0.15, 0.2) is 0 Å². The summed E-state index contributed by atoms with van der Waals surface area (Å²) in [6.45, 7) is 0. The van der Waals surface area contributed by atoms with Gasteiger partial charge in [0, 0.05) is 24.0 Å². The fourth-order valence-electron chi connectivity index (χ4n) is 5.12. The SMILES string of the molecule is CN(c1cc(-c2ccccc2)cc(-c2ccccc2)c1)c1ccccc1-c1ccccc1-c1ccccc1. The van der Waals surface area contributed by atoms with E-state index in [1.807, 2.05) is 0 Å². The van der Waals surface area contributed by atoms with Crippen LogP contribution in [-0.4, -0.2) is 7.05 Å². The van der Waals surface area contributed by atoms with Crippen LogP contribution in [0.5, 0.6) is 0 Å². The molecule has 0 fully saturated rings. The molecular formula is C37H29N. The third kappa shape index (κ3) is 4.75. The van der Waals surface area contributed by atoms with Crippen molar-refractivity contribution in [3.63, 3.8) is 0 Å². The maximum Gasteiger partial charge on any atom is 0.0487 e. The normalized spacial score (nSPS) is 10.8. The molecular weight excluding hydrogens is 458 g/mol. The number of para-hydroxylation sites is 1. The van der Waals surface area contributed by atoms with Crippen molar-refractivity contribution in [3.05, 3.63) is 158 Å². The Morgan fingerprint density at radius 3 is 1.32 bits per heavy atom. The monoisotopic (exact) mass is 487 g/mol. The fourth-order valence-corrected chi connectivity index (χ4v) is 5.12. The van der Waals surface area contributed by atoms with Gasteiger partial charge in [0.1, 0.15) is 0 Å². The summed E-state index contributed by atoms with van der Waals surface area (Å²) in [5, 5.41) is 0. The summed E-state index contributed by atoms with van der Waals surface area (Å²) in [7, 11) is 2.17. The van der Waals surface area contributed by atoms with E-state index in [1.165, 1.54) is 50.2 Å². The van der Waals surface area contributed by atoms with Gasteiger partial charge in [0.25, 0.3) is 0 Å². The molecule has 0 aromatic heterocycles. The van der Waals surface area contributed by atoms with Crippen LogP contribution in [0.4, 0.5) is 11.4 Å². The first-order valence-electron chi connectivity index (χ1n) is 13.0. The van der Waals surface area contributed by atoms with Gasteiger partial charge in [0.2, 0.25) is 0 Å². The summed E-state index contributed by atoms with van der Waals surface area (Å²) in [5.41, 5.74) is 12.0. The Balaban J connectivity index is 1.50. The van der Waals surface area contributed by atoms with Crippen molar-refractivity contribution in [3.8, 4) is 44.5 Å². The van der Waals surface area contributed by atoms with Crippen molar-refractivity contribution in [2.45, 2.75) is 0 Å². The Hall–Kier alpha value is -4.88. The zero-order valence-electron chi connectivity index (χ0n) is 21.5. The molecule has 182 valence electrons. The molecule has 38 heavy (non-hydrogen) atoms. The van der Waals surface area contributed by atoms with Crippen molar-refractivity contribution < 1.29 is 0 Å². The van der Waals surface area contributed by atoms with Crippen LogP contribution in [0.3, 0.4) is 0 Å². The van der Waals surface area contributed by atoms with Crippen molar-refractivity contribution in [1.82, 2.24) is 0 Å². The second kappa shape index (κ2) is 10.6. The zero-order valence-corrected chi connectivity index (χ0v) is 21.5. The third-order valence-electron chi connectivity index (χ3n) is 7.09. The van der Waals surface area contributed by atoms with E-state index >= 15 is 0 Å². The van der Waals surface area contributed by atoms with Crippen LogP contribution < -0.4 is 4.90 Å². The molecule has 1 nitrogen and oxygen atoms in total. The van der Waals surface area contributed by atoms with Crippen LogP contribution in [0.2, 0.25) is 0 Å². The zero-order chi connectivity index (χ0) is 25.7. The van der Waals surface area contributed by atoms with Crippen molar-refractivity contribution >= 4 is 11.4 Å². The molecule has 6 aromatic rings. The topological polar surface area (TPSA) is 3.24 Å². The second-order valence-electron chi connectivity index (χ2n) is 9.49. The minimum Gasteiger partial charge on any atom is -0.344 e. The molecule has 0 saturated heterocycles. The molecule has 0 heterocycles. The average Bonchev–Trinajstić information content (AvgIpc) is 3.02. The van der Waals surface area contributed by atoms with E-state index in [9.17, 15) is 0 Å². The van der Waals surface area contributed by atoms with Crippen LogP contribution in [0.25, 0.3) is 44.5 Å². The molecule has 0 bridgehead atoms.